The summed E-state index contributed by atoms with van der Waals surface area (Å²) < 4.78 is 7.77. The van der Waals surface area contributed by atoms with Crippen LogP contribution in [0.4, 0.5) is 17.5 Å². The van der Waals surface area contributed by atoms with E-state index in [0.29, 0.717) is 18.3 Å². The molecule has 5 rings (SSSR count). The van der Waals surface area contributed by atoms with Gasteiger partial charge in [-0.1, -0.05) is 6.42 Å². The fourth-order valence-electron chi connectivity index (χ4n) is 4.00. The molecule has 9 nitrogen and oxygen atoms in total. The molecule has 170 valence electrons. The number of aryl methyl sites for hydroxylation is 2. The van der Waals surface area contributed by atoms with E-state index in [-0.39, 0.29) is 0 Å². The van der Waals surface area contributed by atoms with Gasteiger partial charge in [-0.05, 0) is 56.9 Å². The summed E-state index contributed by atoms with van der Waals surface area (Å²) in [5.41, 5.74) is 3.46. The number of nitrogens with one attached hydrogen (secondary N) is 2. The Hall–Kier alpha value is -3.75. The number of anilines is 3. The summed E-state index contributed by atoms with van der Waals surface area (Å²) in [5.74, 6) is 3.50. The molecule has 1 aliphatic rings. The van der Waals surface area contributed by atoms with Gasteiger partial charge in [-0.2, -0.15) is 0 Å². The highest BCUT2D eigenvalue weighted by Crippen LogP contribution is 2.32. The van der Waals surface area contributed by atoms with Crippen molar-refractivity contribution in [2.24, 2.45) is 13.0 Å². The average Bonchev–Trinajstić information content (AvgIpc) is 3.20. The Morgan fingerprint density at radius 2 is 2.06 bits per heavy atom. The van der Waals surface area contributed by atoms with Crippen LogP contribution in [-0.2, 0) is 7.05 Å². The molecule has 1 fully saturated rings. The summed E-state index contributed by atoms with van der Waals surface area (Å²) >= 11 is 0. The van der Waals surface area contributed by atoms with Crippen molar-refractivity contribution >= 4 is 28.4 Å². The van der Waals surface area contributed by atoms with E-state index < -0.39 is 0 Å². The van der Waals surface area contributed by atoms with Gasteiger partial charge in [-0.3, -0.25) is 0 Å². The smallest absolute Gasteiger partial charge is 0.227 e. The number of benzene rings is 1. The van der Waals surface area contributed by atoms with Crippen LogP contribution in [0.1, 0.15) is 31.9 Å². The van der Waals surface area contributed by atoms with Crippen LogP contribution in [0, 0.1) is 12.8 Å². The summed E-state index contributed by atoms with van der Waals surface area (Å²) in [7, 11) is 1.91. The zero-order valence-corrected chi connectivity index (χ0v) is 19.2. The lowest BCUT2D eigenvalue weighted by molar-refractivity contribution is 0.333. The average molecular weight is 445 g/mol. The van der Waals surface area contributed by atoms with Gasteiger partial charge >= 0.3 is 0 Å². The Morgan fingerprint density at radius 3 is 2.79 bits per heavy atom. The fourth-order valence-corrected chi connectivity index (χ4v) is 4.00. The quantitative estimate of drug-likeness (QED) is 0.410. The van der Waals surface area contributed by atoms with E-state index in [1.54, 1.807) is 6.33 Å². The maximum absolute atomic E-state index is 5.90. The van der Waals surface area contributed by atoms with E-state index in [1.165, 1.54) is 19.3 Å². The van der Waals surface area contributed by atoms with Crippen molar-refractivity contribution in [2.45, 2.75) is 33.1 Å². The van der Waals surface area contributed by atoms with Crippen LogP contribution in [0.15, 0.2) is 36.8 Å². The Labute approximate surface area is 192 Å². The summed E-state index contributed by atoms with van der Waals surface area (Å²) in [6, 6.07) is 7.89. The summed E-state index contributed by atoms with van der Waals surface area (Å²) in [4.78, 5) is 14.0. The molecule has 2 N–H and O–H groups in total. The number of rotatable bonds is 8. The van der Waals surface area contributed by atoms with E-state index in [2.05, 4.69) is 25.8 Å². The van der Waals surface area contributed by atoms with Crippen molar-refractivity contribution in [3.63, 3.8) is 0 Å². The molecule has 0 unspecified atom stereocenters. The third-order valence-electron chi connectivity index (χ3n) is 5.97. The standard InChI is InChI=1S/C24H28N8O/c1-4-33-20-11-17(23-31-27-14-32(23)3)8-9-19(20)29-24-26-13-18-10-15(2)28-22(21(18)30-24)25-12-16-6-5-7-16/h8-11,13-14,16H,4-7,12H2,1-3H3,(H,25,28)(H,26,29,30). The zero-order chi connectivity index (χ0) is 22.8. The Morgan fingerprint density at radius 1 is 1.18 bits per heavy atom. The van der Waals surface area contributed by atoms with Crippen LogP contribution >= 0.6 is 0 Å². The molecule has 0 bridgehead atoms. The lowest BCUT2D eigenvalue weighted by atomic mass is 9.85. The van der Waals surface area contributed by atoms with Crippen LogP contribution in [0.3, 0.4) is 0 Å². The minimum atomic E-state index is 0.493. The topological polar surface area (TPSA) is 103 Å². The monoisotopic (exact) mass is 444 g/mol. The van der Waals surface area contributed by atoms with Gasteiger partial charge < -0.3 is 19.9 Å². The van der Waals surface area contributed by atoms with Crippen molar-refractivity contribution in [1.29, 1.82) is 0 Å². The Bertz CT molecular complexity index is 1280. The van der Waals surface area contributed by atoms with E-state index in [1.807, 2.05) is 55.9 Å². The highest BCUT2D eigenvalue weighted by Gasteiger charge is 2.18. The molecule has 3 heterocycles. The number of fused-ring (bicyclic) bond motifs is 1. The van der Waals surface area contributed by atoms with Crippen molar-refractivity contribution in [3.05, 3.63) is 42.5 Å². The molecule has 0 saturated heterocycles. The van der Waals surface area contributed by atoms with Crippen molar-refractivity contribution < 1.29 is 4.74 Å². The van der Waals surface area contributed by atoms with Crippen LogP contribution in [-0.4, -0.2) is 42.9 Å². The van der Waals surface area contributed by atoms with Gasteiger partial charge in [0.25, 0.3) is 0 Å². The van der Waals surface area contributed by atoms with Crippen LogP contribution in [0.5, 0.6) is 5.75 Å². The number of nitrogens with zero attached hydrogens (tertiary/aromatic N) is 6. The zero-order valence-electron chi connectivity index (χ0n) is 19.2. The predicted molar refractivity (Wildman–Crippen MR) is 129 cm³/mol. The van der Waals surface area contributed by atoms with Crippen LogP contribution in [0.25, 0.3) is 22.3 Å². The first kappa shape index (κ1) is 21.1. The maximum atomic E-state index is 5.90. The van der Waals surface area contributed by atoms with Gasteiger partial charge in [-0.15, -0.1) is 10.2 Å². The van der Waals surface area contributed by atoms with Crippen molar-refractivity contribution in [2.75, 3.05) is 23.8 Å². The number of pyridine rings is 1. The number of hydrogen-bond donors (Lipinski definition) is 2. The third kappa shape index (κ3) is 4.44. The molecule has 1 aliphatic carbocycles. The molecule has 0 spiro atoms. The molecule has 33 heavy (non-hydrogen) atoms. The van der Waals surface area contributed by atoms with Gasteiger partial charge in [0.05, 0.1) is 12.3 Å². The van der Waals surface area contributed by atoms with E-state index >= 15 is 0 Å². The highest BCUT2D eigenvalue weighted by atomic mass is 16.5. The first-order chi connectivity index (χ1) is 16.1. The van der Waals surface area contributed by atoms with Crippen LogP contribution < -0.4 is 15.4 Å². The second kappa shape index (κ2) is 9.01. The molecule has 9 heteroatoms. The minimum Gasteiger partial charge on any atom is -0.492 e. The Balaban J connectivity index is 1.45. The molecular formula is C24H28N8O. The van der Waals surface area contributed by atoms with E-state index in [9.17, 15) is 0 Å². The first-order valence-electron chi connectivity index (χ1n) is 11.4. The summed E-state index contributed by atoms with van der Waals surface area (Å²) in [5, 5.41) is 16.0. The first-order valence-corrected chi connectivity index (χ1v) is 11.4. The molecule has 3 aromatic heterocycles. The normalized spacial score (nSPS) is 13.7. The number of aromatic nitrogens is 6. The minimum absolute atomic E-state index is 0.493. The molecule has 0 aliphatic heterocycles. The predicted octanol–water partition coefficient (Wildman–Crippen LogP) is 4.48. The molecular weight excluding hydrogens is 416 g/mol. The van der Waals surface area contributed by atoms with Gasteiger partial charge in [0.2, 0.25) is 5.95 Å². The number of ether oxygens (including phenoxy) is 1. The third-order valence-corrected chi connectivity index (χ3v) is 5.97. The van der Waals surface area contributed by atoms with Crippen molar-refractivity contribution in [3.8, 4) is 17.1 Å². The maximum Gasteiger partial charge on any atom is 0.227 e. The van der Waals surface area contributed by atoms with E-state index in [0.717, 1.165) is 52.0 Å². The van der Waals surface area contributed by atoms with Gasteiger partial charge in [0.15, 0.2) is 11.6 Å². The molecule has 4 aromatic rings. The highest BCUT2D eigenvalue weighted by molar-refractivity contribution is 5.89. The molecule has 0 atom stereocenters. The van der Waals surface area contributed by atoms with Crippen LogP contribution in [0.2, 0.25) is 0 Å². The summed E-state index contributed by atoms with van der Waals surface area (Å²) in [6.07, 6.45) is 7.40. The van der Waals surface area contributed by atoms with Gasteiger partial charge in [0, 0.05) is 36.4 Å². The number of hydrogen-bond acceptors (Lipinski definition) is 8. The SMILES string of the molecule is CCOc1cc(-c2nncn2C)ccc1Nc1ncc2cc(C)nc(NCC3CCC3)c2n1. The second-order valence-corrected chi connectivity index (χ2v) is 8.46. The lowest BCUT2D eigenvalue weighted by Gasteiger charge is -2.25. The molecule has 0 radical (unpaired) electrons. The van der Waals surface area contributed by atoms with E-state index in [4.69, 9.17) is 14.7 Å². The molecule has 0 amide bonds. The molecule has 1 saturated carbocycles. The fraction of sp³-hybridized carbons (Fsp3) is 0.375. The summed E-state index contributed by atoms with van der Waals surface area (Å²) in [6.45, 7) is 5.41. The molecule has 1 aromatic carbocycles. The van der Waals surface area contributed by atoms with Crippen molar-refractivity contribution in [1.82, 2.24) is 29.7 Å². The van der Waals surface area contributed by atoms with Gasteiger partial charge in [0.1, 0.15) is 17.6 Å². The van der Waals surface area contributed by atoms with Gasteiger partial charge in [-0.25, -0.2) is 15.0 Å². The second-order valence-electron chi connectivity index (χ2n) is 8.46. The Kier molecular flexibility index (Phi) is 5.77. The lowest BCUT2D eigenvalue weighted by Crippen LogP contribution is -2.21. The largest absolute Gasteiger partial charge is 0.492 e.